The lowest BCUT2D eigenvalue weighted by atomic mass is 10.0. The maximum Gasteiger partial charge on any atom is 0.121 e. The lowest BCUT2D eigenvalue weighted by Crippen LogP contribution is -2.15. The van der Waals surface area contributed by atoms with E-state index in [9.17, 15) is 0 Å². The molecular weight excluding hydrogens is 212 g/mol. The summed E-state index contributed by atoms with van der Waals surface area (Å²) in [6, 6.07) is 6.02. The summed E-state index contributed by atoms with van der Waals surface area (Å²) in [5, 5.41) is 0. The van der Waals surface area contributed by atoms with Crippen LogP contribution in [-0.4, -0.2) is 13.7 Å². The zero-order valence-corrected chi connectivity index (χ0v) is 10.0. The standard InChI is InChI=1S/C11H18N2O.ClH/c1-8-7-9(10(13)5-6-12)3-4-11(8)14-2;/h3-4,7,10H,5-6,12-13H2,1-2H3;1H/t10-;/m0./s1. The van der Waals surface area contributed by atoms with Crippen molar-refractivity contribution in [2.75, 3.05) is 13.7 Å². The van der Waals surface area contributed by atoms with E-state index in [1.165, 1.54) is 0 Å². The van der Waals surface area contributed by atoms with Crippen LogP contribution in [0.5, 0.6) is 5.75 Å². The van der Waals surface area contributed by atoms with Gasteiger partial charge < -0.3 is 16.2 Å². The van der Waals surface area contributed by atoms with E-state index in [4.69, 9.17) is 16.2 Å². The number of halogens is 1. The Morgan fingerprint density at radius 1 is 1.40 bits per heavy atom. The Labute approximate surface area is 97.2 Å². The van der Waals surface area contributed by atoms with Gasteiger partial charge in [-0.2, -0.15) is 0 Å². The van der Waals surface area contributed by atoms with Gasteiger partial charge in [0, 0.05) is 6.04 Å². The fourth-order valence-corrected chi connectivity index (χ4v) is 1.48. The maximum absolute atomic E-state index is 5.95. The Bertz CT molecular complexity index is 305. The van der Waals surface area contributed by atoms with Crippen molar-refractivity contribution in [3.63, 3.8) is 0 Å². The molecule has 4 heteroatoms. The molecule has 1 atom stereocenters. The lowest BCUT2D eigenvalue weighted by molar-refractivity contribution is 0.411. The average Bonchev–Trinajstić information content (AvgIpc) is 2.18. The molecule has 0 fully saturated rings. The molecule has 86 valence electrons. The molecule has 0 amide bonds. The van der Waals surface area contributed by atoms with E-state index in [0.717, 1.165) is 23.3 Å². The van der Waals surface area contributed by atoms with Crippen molar-refractivity contribution < 1.29 is 4.74 Å². The molecule has 0 heterocycles. The van der Waals surface area contributed by atoms with Crippen LogP contribution in [-0.2, 0) is 0 Å². The maximum atomic E-state index is 5.95. The first-order valence-electron chi connectivity index (χ1n) is 4.79. The molecule has 4 N–H and O–H groups in total. The number of hydrogen-bond acceptors (Lipinski definition) is 3. The molecule has 0 aliphatic heterocycles. The Morgan fingerprint density at radius 3 is 2.53 bits per heavy atom. The van der Waals surface area contributed by atoms with Gasteiger partial charge in [-0.25, -0.2) is 0 Å². The second kappa shape index (κ2) is 6.67. The molecule has 0 saturated carbocycles. The topological polar surface area (TPSA) is 61.3 Å². The van der Waals surface area contributed by atoms with Gasteiger partial charge in [-0.3, -0.25) is 0 Å². The fraction of sp³-hybridized carbons (Fsp3) is 0.455. The van der Waals surface area contributed by atoms with Gasteiger partial charge in [0.1, 0.15) is 5.75 Å². The van der Waals surface area contributed by atoms with Crippen molar-refractivity contribution >= 4 is 12.4 Å². The molecule has 1 aromatic carbocycles. The van der Waals surface area contributed by atoms with E-state index in [0.29, 0.717) is 6.54 Å². The summed E-state index contributed by atoms with van der Waals surface area (Å²) in [6.45, 7) is 2.63. The molecule has 0 saturated heterocycles. The Morgan fingerprint density at radius 2 is 2.07 bits per heavy atom. The summed E-state index contributed by atoms with van der Waals surface area (Å²) in [5.41, 5.74) is 13.6. The van der Waals surface area contributed by atoms with Crippen molar-refractivity contribution in [2.45, 2.75) is 19.4 Å². The van der Waals surface area contributed by atoms with Crippen LogP contribution < -0.4 is 16.2 Å². The van der Waals surface area contributed by atoms with Crippen molar-refractivity contribution in [3.05, 3.63) is 29.3 Å². The molecule has 0 radical (unpaired) electrons. The first kappa shape index (κ1) is 14.2. The molecule has 1 aromatic rings. The van der Waals surface area contributed by atoms with Crippen LogP contribution in [0.25, 0.3) is 0 Å². The second-order valence-electron chi connectivity index (χ2n) is 3.41. The van der Waals surface area contributed by atoms with Gasteiger partial charge in [0.05, 0.1) is 7.11 Å². The fourth-order valence-electron chi connectivity index (χ4n) is 1.48. The van der Waals surface area contributed by atoms with E-state index in [-0.39, 0.29) is 18.4 Å². The van der Waals surface area contributed by atoms with Crippen molar-refractivity contribution in [2.24, 2.45) is 11.5 Å². The van der Waals surface area contributed by atoms with Gasteiger partial charge >= 0.3 is 0 Å². The van der Waals surface area contributed by atoms with Gasteiger partial charge in [-0.1, -0.05) is 12.1 Å². The number of methoxy groups -OCH3 is 1. The first-order chi connectivity index (χ1) is 6.69. The monoisotopic (exact) mass is 230 g/mol. The third kappa shape index (κ3) is 3.70. The minimum atomic E-state index is 0. The number of nitrogens with two attached hydrogens (primary N) is 2. The van der Waals surface area contributed by atoms with Gasteiger partial charge in [0.15, 0.2) is 0 Å². The van der Waals surface area contributed by atoms with Gasteiger partial charge in [-0.05, 0) is 37.1 Å². The number of hydrogen-bond donors (Lipinski definition) is 2. The van der Waals surface area contributed by atoms with Crippen LogP contribution >= 0.6 is 12.4 Å². The first-order valence-corrected chi connectivity index (χ1v) is 4.79. The quantitative estimate of drug-likeness (QED) is 0.829. The number of benzene rings is 1. The molecule has 3 nitrogen and oxygen atoms in total. The molecule has 0 bridgehead atoms. The largest absolute Gasteiger partial charge is 0.496 e. The Hall–Kier alpha value is -0.770. The van der Waals surface area contributed by atoms with E-state index in [2.05, 4.69) is 6.07 Å². The van der Waals surface area contributed by atoms with Crippen LogP contribution in [0, 0.1) is 6.92 Å². The summed E-state index contributed by atoms with van der Waals surface area (Å²) in [5.74, 6) is 0.897. The van der Waals surface area contributed by atoms with Gasteiger partial charge in [-0.15, -0.1) is 12.4 Å². The lowest BCUT2D eigenvalue weighted by Gasteiger charge is -2.13. The minimum Gasteiger partial charge on any atom is -0.496 e. The Balaban J connectivity index is 0.00000196. The molecule has 15 heavy (non-hydrogen) atoms. The van der Waals surface area contributed by atoms with Crippen molar-refractivity contribution in [1.82, 2.24) is 0 Å². The summed E-state index contributed by atoms with van der Waals surface area (Å²) in [6.07, 6.45) is 0.811. The third-order valence-electron chi connectivity index (χ3n) is 2.32. The van der Waals surface area contributed by atoms with Crippen molar-refractivity contribution in [3.8, 4) is 5.75 Å². The predicted molar refractivity (Wildman–Crippen MR) is 65.6 cm³/mol. The summed E-state index contributed by atoms with van der Waals surface area (Å²) in [4.78, 5) is 0. The van der Waals surface area contributed by atoms with Crippen LogP contribution in [0.3, 0.4) is 0 Å². The average molecular weight is 231 g/mol. The molecule has 0 aliphatic rings. The highest BCUT2D eigenvalue weighted by atomic mass is 35.5. The van der Waals surface area contributed by atoms with E-state index in [1.54, 1.807) is 7.11 Å². The summed E-state index contributed by atoms with van der Waals surface area (Å²) >= 11 is 0. The van der Waals surface area contributed by atoms with Gasteiger partial charge in [0.2, 0.25) is 0 Å². The summed E-state index contributed by atoms with van der Waals surface area (Å²) in [7, 11) is 1.67. The van der Waals surface area contributed by atoms with E-state index >= 15 is 0 Å². The van der Waals surface area contributed by atoms with Crippen LogP contribution in [0.15, 0.2) is 18.2 Å². The number of ether oxygens (including phenoxy) is 1. The molecule has 0 unspecified atom stereocenters. The number of aryl methyl sites for hydroxylation is 1. The zero-order valence-electron chi connectivity index (χ0n) is 9.19. The molecule has 1 rings (SSSR count). The van der Waals surface area contributed by atoms with Crippen molar-refractivity contribution in [1.29, 1.82) is 0 Å². The predicted octanol–water partition coefficient (Wildman–Crippen LogP) is 1.77. The molecular formula is C11H19ClN2O. The van der Waals surface area contributed by atoms with E-state index < -0.39 is 0 Å². The van der Waals surface area contributed by atoms with Crippen LogP contribution in [0.4, 0.5) is 0 Å². The third-order valence-corrected chi connectivity index (χ3v) is 2.32. The molecule has 0 spiro atoms. The SMILES string of the molecule is COc1ccc([C@@H](N)CCN)cc1C.Cl. The highest BCUT2D eigenvalue weighted by molar-refractivity contribution is 5.85. The zero-order chi connectivity index (χ0) is 10.6. The highest BCUT2D eigenvalue weighted by Gasteiger charge is 2.06. The minimum absolute atomic E-state index is 0. The molecule has 0 aliphatic carbocycles. The van der Waals surface area contributed by atoms with E-state index in [1.807, 2.05) is 19.1 Å². The summed E-state index contributed by atoms with van der Waals surface area (Å²) < 4.78 is 5.17. The number of rotatable bonds is 4. The highest BCUT2D eigenvalue weighted by Crippen LogP contribution is 2.22. The van der Waals surface area contributed by atoms with Crippen LogP contribution in [0.2, 0.25) is 0 Å². The Kier molecular flexibility index (Phi) is 6.32. The smallest absolute Gasteiger partial charge is 0.121 e. The normalized spacial score (nSPS) is 11.7. The molecule has 0 aromatic heterocycles. The van der Waals surface area contributed by atoms with Crippen LogP contribution in [0.1, 0.15) is 23.6 Å². The van der Waals surface area contributed by atoms with Gasteiger partial charge in [0.25, 0.3) is 0 Å². The second-order valence-corrected chi connectivity index (χ2v) is 3.41.